The molecule has 6 nitrogen and oxygen atoms in total. The van der Waals surface area contributed by atoms with Gasteiger partial charge in [-0.25, -0.2) is 4.68 Å². The normalized spacial score (nSPS) is 14.5. The minimum absolute atomic E-state index is 0.646. The molecule has 0 aliphatic carbocycles. The zero-order valence-corrected chi connectivity index (χ0v) is 17.6. The highest BCUT2D eigenvalue weighted by Gasteiger charge is 2.20. The number of benzene rings is 2. The number of rotatable bonds is 7. The third-order valence-electron chi connectivity index (χ3n) is 5.05. The lowest BCUT2D eigenvalue weighted by Crippen LogP contribution is -2.38. The van der Waals surface area contributed by atoms with Crippen LogP contribution in [0.2, 0.25) is 0 Å². The van der Waals surface area contributed by atoms with Crippen molar-refractivity contribution in [1.82, 2.24) is 19.2 Å². The Morgan fingerprint density at radius 3 is 2.24 bits per heavy atom. The Morgan fingerprint density at radius 2 is 1.59 bits per heavy atom. The number of anilines is 1. The van der Waals surface area contributed by atoms with Crippen molar-refractivity contribution in [3.8, 4) is 0 Å². The van der Waals surface area contributed by atoms with Gasteiger partial charge >= 0.3 is 0 Å². The lowest BCUT2D eigenvalue weighted by Gasteiger charge is -2.27. The molecule has 0 bridgehead atoms. The summed E-state index contributed by atoms with van der Waals surface area (Å²) in [5.41, 5.74) is 2.49. The van der Waals surface area contributed by atoms with E-state index in [9.17, 15) is 0 Å². The van der Waals surface area contributed by atoms with E-state index in [0.29, 0.717) is 6.67 Å². The molecule has 2 aromatic carbocycles. The summed E-state index contributed by atoms with van der Waals surface area (Å²) in [6.45, 7) is 5.32. The van der Waals surface area contributed by atoms with E-state index < -0.39 is 0 Å². The Kier molecular flexibility index (Phi) is 6.39. The van der Waals surface area contributed by atoms with Crippen LogP contribution in [-0.2, 0) is 24.5 Å². The van der Waals surface area contributed by atoms with Gasteiger partial charge in [0.1, 0.15) is 0 Å². The zero-order chi connectivity index (χ0) is 20.1. The quantitative estimate of drug-likeness (QED) is 0.560. The molecular weight excluding hydrogens is 382 g/mol. The van der Waals surface area contributed by atoms with Crippen molar-refractivity contribution in [2.24, 2.45) is 0 Å². The van der Waals surface area contributed by atoms with Crippen LogP contribution in [0.15, 0.2) is 60.7 Å². The van der Waals surface area contributed by atoms with Gasteiger partial charge in [0, 0.05) is 19.6 Å². The first-order valence-electron chi connectivity index (χ1n) is 9.97. The smallest absolute Gasteiger partial charge is 0.226 e. The molecule has 4 rings (SSSR count). The van der Waals surface area contributed by atoms with Crippen LogP contribution < -0.4 is 4.90 Å². The molecule has 0 spiro atoms. The van der Waals surface area contributed by atoms with Crippen LogP contribution in [0.25, 0.3) is 0 Å². The van der Waals surface area contributed by atoms with E-state index in [2.05, 4.69) is 69.9 Å². The molecule has 152 valence electrons. The second kappa shape index (κ2) is 9.35. The van der Waals surface area contributed by atoms with Crippen LogP contribution in [0.4, 0.5) is 5.95 Å². The van der Waals surface area contributed by atoms with Crippen LogP contribution >= 0.6 is 12.2 Å². The summed E-state index contributed by atoms with van der Waals surface area (Å²) in [4.78, 5) is 4.50. The van der Waals surface area contributed by atoms with Crippen LogP contribution in [0.5, 0.6) is 0 Å². The van der Waals surface area contributed by atoms with Gasteiger partial charge in [0.15, 0.2) is 0 Å². The van der Waals surface area contributed by atoms with Crippen molar-refractivity contribution in [1.29, 1.82) is 0 Å². The van der Waals surface area contributed by atoms with Crippen LogP contribution in [-0.4, -0.2) is 52.6 Å². The van der Waals surface area contributed by atoms with Crippen molar-refractivity contribution in [2.75, 3.05) is 38.3 Å². The van der Waals surface area contributed by atoms with Crippen molar-refractivity contribution >= 4 is 18.2 Å². The van der Waals surface area contributed by atoms with Gasteiger partial charge in [0.25, 0.3) is 0 Å². The summed E-state index contributed by atoms with van der Waals surface area (Å²) < 4.78 is 10.4. The van der Waals surface area contributed by atoms with Crippen molar-refractivity contribution < 1.29 is 4.74 Å². The Bertz CT molecular complexity index is 964. The molecule has 1 saturated heterocycles. The summed E-state index contributed by atoms with van der Waals surface area (Å²) in [5.74, 6) is 0.926. The van der Waals surface area contributed by atoms with Crippen molar-refractivity contribution in [2.45, 2.75) is 19.8 Å². The Balaban J connectivity index is 1.59. The maximum absolute atomic E-state index is 5.84. The lowest BCUT2D eigenvalue weighted by atomic mass is 10.2. The molecule has 2 heterocycles. The highest BCUT2D eigenvalue weighted by atomic mass is 32.1. The average Bonchev–Trinajstić information content (AvgIpc) is 3.05. The Morgan fingerprint density at radius 1 is 0.966 bits per heavy atom. The highest BCUT2D eigenvalue weighted by molar-refractivity contribution is 7.71. The fourth-order valence-corrected chi connectivity index (χ4v) is 3.84. The van der Waals surface area contributed by atoms with E-state index in [1.807, 2.05) is 16.8 Å². The third kappa shape index (κ3) is 4.93. The van der Waals surface area contributed by atoms with E-state index in [-0.39, 0.29) is 0 Å². The number of aromatic nitrogens is 3. The molecular formula is C22H27N5OS. The summed E-state index contributed by atoms with van der Waals surface area (Å²) in [6, 6.07) is 20.9. The van der Waals surface area contributed by atoms with E-state index >= 15 is 0 Å². The lowest BCUT2D eigenvalue weighted by molar-refractivity contribution is 0.121. The second-order valence-corrected chi connectivity index (χ2v) is 7.76. The molecule has 0 atom stereocenters. The SMILES string of the molecule is CN(Cc1ccccc1)Cn1nc(N2CCOCC2)n(Cc2ccccc2)c1=S. The number of nitrogens with zero attached hydrogens (tertiary/aromatic N) is 5. The van der Waals surface area contributed by atoms with Gasteiger partial charge in [0.05, 0.1) is 26.4 Å². The molecule has 1 fully saturated rings. The highest BCUT2D eigenvalue weighted by Crippen LogP contribution is 2.18. The molecule has 0 radical (unpaired) electrons. The zero-order valence-electron chi connectivity index (χ0n) is 16.8. The molecule has 0 saturated carbocycles. The maximum atomic E-state index is 5.84. The van der Waals surface area contributed by atoms with Crippen LogP contribution in [0, 0.1) is 4.77 Å². The Labute approximate surface area is 176 Å². The number of ether oxygens (including phenoxy) is 1. The molecule has 1 aromatic heterocycles. The minimum atomic E-state index is 0.646. The predicted octanol–water partition coefficient (Wildman–Crippen LogP) is 3.39. The first-order valence-corrected chi connectivity index (χ1v) is 10.4. The van der Waals surface area contributed by atoms with E-state index in [1.165, 1.54) is 11.1 Å². The maximum Gasteiger partial charge on any atom is 0.226 e. The summed E-state index contributed by atoms with van der Waals surface area (Å²) in [7, 11) is 2.10. The molecule has 1 aliphatic heterocycles. The number of morpholine rings is 1. The molecule has 0 unspecified atom stereocenters. The van der Waals surface area contributed by atoms with Gasteiger partial charge in [-0.15, -0.1) is 5.10 Å². The monoisotopic (exact) mass is 409 g/mol. The van der Waals surface area contributed by atoms with E-state index in [1.54, 1.807) is 0 Å². The summed E-state index contributed by atoms with van der Waals surface area (Å²) in [5, 5.41) is 4.92. The standard InChI is InChI=1S/C22H27N5OS/c1-24(16-19-8-4-2-5-9-19)18-27-22(29)26(17-20-10-6-3-7-11-20)21(23-27)25-12-14-28-15-13-25/h2-11H,12-18H2,1H3. The van der Waals surface area contributed by atoms with Gasteiger partial charge in [0.2, 0.25) is 10.7 Å². The second-order valence-electron chi connectivity index (χ2n) is 7.39. The molecule has 29 heavy (non-hydrogen) atoms. The van der Waals surface area contributed by atoms with Gasteiger partial charge in [-0.05, 0) is 30.4 Å². The molecule has 7 heteroatoms. The average molecular weight is 410 g/mol. The van der Waals surface area contributed by atoms with Crippen molar-refractivity contribution in [3.63, 3.8) is 0 Å². The Hall–Kier alpha value is -2.48. The van der Waals surface area contributed by atoms with Crippen molar-refractivity contribution in [3.05, 3.63) is 76.6 Å². The van der Waals surface area contributed by atoms with Crippen LogP contribution in [0.1, 0.15) is 11.1 Å². The minimum Gasteiger partial charge on any atom is -0.378 e. The predicted molar refractivity (Wildman–Crippen MR) is 118 cm³/mol. The van der Waals surface area contributed by atoms with E-state index in [0.717, 1.165) is 50.1 Å². The molecule has 0 amide bonds. The number of hydrogen-bond acceptors (Lipinski definition) is 5. The van der Waals surface area contributed by atoms with Gasteiger partial charge < -0.3 is 9.64 Å². The van der Waals surface area contributed by atoms with Gasteiger partial charge in [-0.2, -0.15) is 0 Å². The fraction of sp³-hybridized carbons (Fsp3) is 0.364. The number of hydrogen-bond donors (Lipinski definition) is 0. The summed E-state index contributed by atoms with van der Waals surface area (Å²) >= 11 is 5.84. The molecule has 0 N–H and O–H groups in total. The molecule has 1 aliphatic rings. The van der Waals surface area contributed by atoms with E-state index in [4.69, 9.17) is 22.1 Å². The molecule has 3 aromatic rings. The summed E-state index contributed by atoms with van der Waals surface area (Å²) in [6.07, 6.45) is 0. The largest absolute Gasteiger partial charge is 0.378 e. The first-order chi connectivity index (χ1) is 14.2. The van der Waals surface area contributed by atoms with Gasteiger partial charge in [-0.3, -0.25) is 9.47 Å². The fourth-order valence-electron chi connectivity index (χ4n) is 3.60. The third-order valence-corrected chi connectivity index (χ3v) is 5.48. The topological polar surface area (TPSA) is 38.5 Å². The first kappa shape index (κ1) is 19.8. The van der Waals surface area contributed by atoms with Crippen LogP contribution in [0.3, 0.4) is 0 Å². The van der Waals surface area contributed by atoms with Gasteiger partial charge in [-0.1, -0.05) is 60.7 Å².